The standard InChI is InChI=1S/C10H7N3O4/c11-4-3-10(15)7-5-6(13(16)17)1-2-8(7)12-9(10)14/h1-2,5,15H,3H2,(H,12,14)/t10-/m0/s1. The first kappa shape index (κ1) is 11.0. The van der Waals surface area contributed by atoms with E-state index >= 15 is 0 Å². The first-order chi connectivity index (χ1) is 7.99. The van der Waals surface area contributed by atoms with E-state index in [0.717, 1.165) is 6.07 Å². The van der Waals surface area contributed by atoms with Crippen LogP contribution in [0.25, 0.3) is 0 Å². The maximum Gasteiger partial charge on any atom is 0.269 e. The Hall–Kier alpha value is -2.46. The van der Waals surface area contributed by atoms with Crippen molar-refractivity contribution in [3.05, 3.63) is 33.9 Å². The van der Waals surface area contributed by atoms with E-state index in [1.165, 1.54) is 12.1 Å². The predicted molar refractivity (Wildman–Crippen MR) is 55.9 cm³/mol. The van der Waals surface area contributed by atoms with Gasteiger partial charge in [0.2, 0.25) is 0 Å². The number of nitro benzene ring substituents is 1. The molecule has 2 N–H and O–H groups in total. The number of nitrogens with zero attached hydrogens (tertiary/aromatic N) is 2. The van der Waals surface area contributed by atoms with Gasteiger partial charge in [-0.3, -0.25) is 14.9 Å². The van der Waals surface area contributed by atoms with Gasteiger partial charge in [0.05, 0.1) is 17.4 Å². The number of carbonyl (C=O) groups is 1. The van der Waals surface area contributed by atoms with Crippen molar-refractivity contribution in [1.82, 2.24) is 0 Å². The van der Waals surface area contributed by atoms with Crippen molar-refractivity contribution in [1.29, 1.82) is 5.26 Å². The van der Waals surface area contributed by atoms with Crippen molar-refractivity contribution in [3.63, 3.8) is 0 Å². The van der Waals surface area contributed by atoms with Crippen molar-refractivity contribution in [2.24, 2.45) is 0 Å². The molecular weight excluding hydrogens is 226 g/mol. The molecule has 1 aromatic carbocycles. The number of nitro groups is 1. The molecule has 7 nitrogen and oxygen atoms in total. The third kappa shape index (κ3) is 1.51. The highest BCUT2D eigenvalue weighted by atomic mass is 16.6. The van der Waals surface area contributed by atoms with Crippen molar-refractivity contribution in [2.45, 2.75) is 12.0 Å². The average Bonchev–Trinajstić information content (AvgIpc) is 2.52. The fourth-order valence-electron chi connectivity index (χ4n) is 1.73. The maximum absolute atomic E-state index is 11.5. The number of rotatable bonds is 2. The molecule has 0 fully saturated rings. The molecule has 0 bridgehead atoms. The molecule has 0 saturated heterocycles. The smallest absolute Gasteiger partial charge is 0.269 e. The Morgan fingerprint density at radius 1 is 1.59 bits per heavy atom. The first-order valence-corrected chi connectivity index (χ1v) is 4.69. The number of non-ortho nitro benzene ring substituents is 1. The van der Waals surface area contributed by atoms with E-state index in [9.17, 15) is 20.0 Å². The molecule has 0 saturated carbocycles. The molecule has 0 unspecified atom stereocenters. The number of nitrogens with one attached hydrogen (secondary N) is 1. The van der Waals surface area contributed by atoms with E-state index in [1.807, 2.05) is 0 Å². The molecule has 1 heterocycles. The van der Waals surface area contributed by atoms with Gasteiger partial charge in [0.15, 0.2) is 5.60 Å². The quantitative estimate of drug-likeness (QED) is 0.574. The van der Waals surface area contributed by atoms with Gasteiger partial charge in [-0.05, 0) is 6.07 Å². The molecule has 0 spiro atoms. The van der Waals surface area contributed by atoms with Crippen LogP contribution < -0.4 is 5.32 Å². The van der Waals surface area contributed by atoms with Crippen LogP contribution in [0.5, 0.6) is 0 Å². The first-order valence-electron chi connectivity index (χ1n) is 4.69. The van der Waals surface area contributed by atoms with Crippen LogP contribution in [-0.4, -0.2) is 15.9 Å². The molecule has 0 radical (unpaired) electrons. The minimum Gasteiger partial charge on any atom is -0.374 e. The highest BCUT2D eigenvalue weighted by molar-refractivity contribution is 6.05. The van der Waals surface area contributed by atoms with Crippen molar-refractivity contribution in [3.8, 4) is 6.07 Å². The van der Waals surface area contributed by atoms with Crippen LogP contribution in [0, 0.1) is 21.4 Å². The van der Waals surface area contributed by atoms with E-state index in [-0.39, 0.29) is 11.3 Å². The molecule has 1 aliphatic rings. The Balaban J connectivity index is 2.58. The number of amides is 1. The highest BCUT2D eigenvalue weighted by Gasteiger charge is 2.46. The molecule has 86 valence electrons. The van der Waals surface area contributed by atoms with Gasteiger partial charge >= 0.3 is 0 Å². The lowest BCUT2D eigenvalue weighted by Crippen LogP contribution is -2.33. The van der Waals surface area contributed by atoms with Crippen LogP contribution in [0.15, 0.2) is 18.2 Å². The van der Waals surface area contributed by atoms with E-state index in [1.54, 1.807) is 6.07 Å². The van der Waals surface area contributed by atoms with E-state index in [0.29, 0.717) is 5.69 Å². The van der Waals surface area contributed by atoms with E-state index in [4.69, 9.17) is 5.26 Å². The molecule has 1 atom stereocenters. The Morgan fingerprint density at radius 2 is 2.29 bits per heavy atom. The molecule has 0 aliphatic carbocycles. The Morgan fingerprint density at radius 3 is 2.88 bits per heavy atom. The molecule has 1 aromatic rings. The summed E-state index contributed by atoms with van der Waals surface area (Å²) in [5, 5.41) is 31.6. The molecule has 7 heteroatoms. The number of aliphatic hydroxyl groups is 1. The van der Waals surface area contributed by atoms with Gasteiger partial charge in [-0.25, -0.2) is 0 Å². The third-order valence-corrected chi connectivity index (χ3v) is 2.62. The topological polar surface area (TPSA) is 116 Å². The normalized spacial score (nSPS) is 21.5. The number of hydrogen-bond donors (Lipinski definition) is 2. The molecule has 2 rings (SSSR count). The Labute approximate surface area is 95.4 Å². The van der Waals surface area contributed by atoms with Gasteiger partial charge in [0.1, 0.15) is 0 Å². The summed E-state index contributed by atoms with van der Waals surface area (Å²) in [5.41, 5.74) is -1.89. The van der Waals surface area contributed by atoms with Gasteiger partial charge in [-0.15, -0.1) is 0 Å². The van der Waals surface area contributed by atoms with Gasteiger partial charge < -0.3 is 10.4 Å². The summed E-state index contributed by atoms with van der Waals surface area (Å²) in [5.74, 6) is -0.741. The van der Waals surface area contributed by atoms with Crippen LogP contribution in [-0.2, 0) is 10.4 Å². The monoisotopic (exact) mass is 233 g/mol. The van der Waals surface area contributed by atoms with Crippen LogP contribution in [0.1, 0.15) is 12.0 Å². The molecule has 1 aliphatic heterocycles. The van der Waals surface area contributed by atoms with Crippen molar-refractivity contribution in [2.75, 3.05) is 5.32 Å². The molecule has 0 aromatic heterocycles. The zero-order valence-corrected chi connectivity index (χ0v) is 8.51. The summed E-state index contributed by atoms with van der Waals surface area (Å²) < 4.78 is 0. The number of anilines is 1. The average molecular weight is 233 g/mol. The van der Waals surface area contributed by atoms with Crippen LogP contribution >= 0.6 is 0 Å². The minimum atomic E-state index is -2.00. The predicted octanol–water partition coefficient (Wildman–Crippen LogP) is 0.648. The number of carbonyl (C=O) groups excluding carboxylic acids is 1. The van der Waals surface area contributed by atoms with Gasteiger partial charge in [-0.1, -0.05) is 0 Å². The van der Waals surface area contributed by atoms with Gasteiger partial charge in [0.25, 0.3) is 11.6 Å². The minimum absolute atomic E-state index is 0.0678. The van der Waals surface area contributed by atoms with Crippen molar-refractivity contribution < 1.29 is 14.8 Å². The fraction of sp³-hybridized carbons (Fsp3) is 0.200. The number of nitriles is 1. The van der Waals surface area contributed by atoms with Crippen molar-refractivity contribution >= 4 is 17.3 Å². The third-order valence-electron chi connectivity index (χ3n) is 2.62. The number of benzene rings is 1. The zero-order valence-electron chi connectivity index (χ0n) is 8.51. The summed E-state index contributed by atoms with van der Waals surface area (Å²) in [6, 6.07) is 5.34. The lowest BCUT2D eigenvalue weighted by molar-refractivity contribution is -0.385. The maximum atomic E-state index is 11.5. The lowest BCUT2D eigenvalue weighted by atomic mass is 9.92. The van der Waals surface area contributed by atoms with Crippen LogP contribution in [0.3, 0.4) is 0 Å². The summed E-state index contributed by atoms with van der Waals surface area (Å²) in [6.07, 6.45) is -0.451. The van der Waals surface area contributed by atoms with Gasteiger partial charge in [0, 0.05) is 23.4 Å². The molecule has 1 amide bonds. The second-order valence-corrected chi connectivity index (χ2v) is 3.64. The SMILES string of the molecule is N#CC[C@@]1(O)C(=O)Nc2ccc([N+](=O)[O-])cc21. The van der Waals surface area contributed by atoms with Gasteiger partial charge in [-0.2, -0.15) is 5.26 Å². The molecule has 17 heavy (non-hydrogen) atoms. The summed E-state index contributed by atoms with van der Waals surface area (Å²) in [4.78, 5) is 21.5. The lowest BCUT2D eigenvalue weighted by Gasteiger charge is -2.16. The summed E-state index contributed by atoms with van der Waals surface area (Å²) >= 11 is 0. The zero-order chi connectivity index (χ0) is 12.6. The second kappa shape index (κ2) is 3.54. The highest BCUT2D eigenvalue weighted by Crippen LogP contribution is 2.39. The van der Waals surface area contributed by atoms with E-state index < -0.39 is 22.9 Å². The second-order valence-electron chi connectivity index (χ2n) is 3.64. The summed E-state index contributed by atoms with van der Waals surface area (Å²) in [7, 11) is 0. The number of hydrogen-bond acceptors (Lipinski definition) is 5. The number of fused-ring (bicyclic) bond motifs is 1. The van der Waals surface area contributed by atoms with Crippen LogP contribution in [0.2, 0.25) is 0 Å². The Bertz CT molecular complexity index is 563. The Kier molecular flexibility index (Phi) is 2.30. The van der Waals surface area contributed by atoms with E-state index in [2.05, 4.69) is 5.32 Å². The fourth-order valence-corrected chi connectivity index (χ4v) is 1.73. The summed E-state index contributed by atoms with van der Waals surface area (Å²) in [6.45, 7) is 0. The molecular formula is C10H7N3O4. The van der Waals surface area contributed by atoms with Crippen LogP contribution in [0.4, 0.5) is 11.4 Å². The largest absolute Gasteiger partial charge is 0.374 e.